The number of hydrogen-bond acceptors (Lipinski definition) is 3. The number of aromatic nitrogens is 2. The van der Waals surface area contributed by atoms with Crippen molar-refractivity contribution < 1.29 is 55.0 Å². The van der Waals surface area contributed by atoms with Crippen LogP contribution in [0.2, 0.25) is 17.3 Å². The van der Waals surface area contributed by atoms with E-state index in [0.717, 1.165) is 44.9 Å². The molecular weight excluding hydrogens is 951 g/mol. The zero-order valence-corrected chi connectivity index (χ0v) is 33.9. The summed E-state index contributed by atoms with van der Waals surface area (Å²) in [5.74, 6) is 5.27. The van der Waals surface area contributed by atoms with Crippen LogP contribution in [0.3, 0.4) is 0 Å². The molecule has 0 bridgehead atoms. The van der Waals surface area contributed by atoms with E-state index in [9.17, 15) is 26.3 Å². The number of halogens is 6. The molecule has 3 heterocycles. The summed E-state index contributed by atoms with van der Waals surface area (Å²) in [6, 6.07) is 36.0. The van der Waals surface area contributed by atoms with Gasteiger partial charge in [0, 0.05) is 30.4 Å². The van der Waals surface area contributed by atoms with Gasteiger partial charge in [0.15, 0.2) is 0 Å². The maximum Gasteiger partial charge on any atom is 0 e. The second-order valence-electron chi connectivity index (χ2n) is 13.7. The number of hydrogen-bond donors (Lipinski definition) is 0. The second kappa shape index (κ2) is 15.4. The summed E-state index contributed by atoms with van der Waals surface area (Å²) in [4.78, 5) is 8.44. The minimum absolute atomic E-state index is 0. The van der Waals surface area contributed by atoms with E-state index >= 15 is 0 Å². The molecule has 281 valence electrons. The molecule has 3 aromatic heterocycles. The van der Waals surface area contributed by atoms with Crippen LogP contribution < -0.4 is 4.40 Å². The molecule has 8 rings (SSSR count). The van der Waals surface area contributed by atoms with Crippen LogP contribution in [0.25, 0.3) is 66.4 Å². The van der Waals surface area contributed by atoms with Gasteiger partial charge in [0.2, 0.25) is 0 Å². The van der Waals surface area contributed by atoms with Crippen molar-refractivity contribution in [1.29, 1.82) is 0 Å². The first-order valence-corrected chi connectivity index (χ1v) is 24.1. The number of nitrogens with zero attached hydrogens (tertiary/aromatic N) is 2. The van der Waals surface area contributed by atoms with Crippen molar-refractivity contribution in [2.24, 2.45) is 0 Å². The summed E-state index contributed by atoms with van der Waals surface area (Å²) >= 11 is -3.09. The molecule has 5 aromatic carbocycles. The summed E-state index contributed by atoms with van der Waals surface area (Å²) in [6.07, 6.45) is -7.41. The first kappa shape index (κ1) is 35.9. The Labute approximate surface area is 334 Å². The van der Waals surface area contributed by atoms with Crippen LogP contribution in [-0.2, 0) is 32.5 Å². The molecule has 0 aliphatic carbocycles. The predicted molar refractivity (Wildman–Crippen MR) is 205 cm³/mol. The minimum Gasteiger partial charge on any atom is 0 e. The summed E-state index contributed by atoms with van der Waals surface area (Å²) < 4.78 is 114. The van der Waals surface area contributed by atoms with Crippen LogP contribution in [0, 0.1) is 19.0 Å². The van der Waals surface area contributed by atoms with Gasteiger partial charge in [-0.1, -0.05) is 42.5 Å². The summed E-state index contributed by atoms with van der Waals surface area (Å²) in [5, 5.41) is 3.40. The van der Waals surface area contributed by atoms with Crippen LogP contribution in [-0.4, -0.2) is 23.2 Å². The number of alkyl halides is 6. The molecule has 0 saturated heterocycles. The standard InChI is InChI=1S/C32H22F6GeNO.C12H10N.Ir/c1-39(2,3)20-16-25(31(33,34)35)28(26(17-20)32(36,37)38)19-13-14-40-27(15-19)24-10-6-9-22-23-12-11-18-7-4-5-8-21(18)29(23)41-30(22)24;1-10-7-8-12(13-9-10)11-5-3-2-4-6-11;/h4-9,11-17H,1-3H3;2-5,7-9H,1H3;/q2*-1;/i;1D3;. The van der Waals surface area contributed by atoms with Crippen molar-refractivity contribution in [2.75, 3.05) is 0 Å². The quantitative estimate of drug-likeness (QED) is 0.100. The van der Waals surface area contributed by atoms with Crippen LogP contribution in [0.1, 0.15) is 20.8 Å². The van der Waals surface area contributed by atoms with Crippen LogP contribution in [0.15, 0.2) is 126 Å². The molecule has 55 heavy (non-hydrogen) atoms. The Bertz CT molecular complexity index is 2710. The smallest absolute Gasteiger partial charge is 0 e. The van der Waals surface area contributed by atoms with E-state index in [2.05, 4.69) is 22.1 Å². The first-order valence-electron chi connectivity index (χ1n) is 18.3. The molecule has 0 unspecified atom stereocenters. The topological polar surface area (TPSA) is 38.9 Å². The van der Waals surface area contributed by atoms with E-state index in [1.807, 2.05) is 60.7 Å². The molecule has 0 N–H and O–H groups in total. The Balaban J connectivity index is 0.000000280. The molecule has 11 heteroatoms. The summed E-state index contributed by atoms with van der Waals surface area (Å²) in [6.45, 7) is -2.09. The molecular formula is C44H32F6GeIrN2O-2. The van der Waals surface area contributed by atoms with Crippen molar-refractivity contribution in [1.82, 2.24) is 9.97 Å². The molecule has 0 atom stereocenters. The van der Waals surface area contributed by atoms with Crippen LogP contribution in [0.5, 0.6) is 0 Å². The number of furan rings is 1. The molecule has 3 nitrogen and oxygen atoms in total. The van der Waals surface area contributed by atoms with Gasteiger partial charge in [-0.05, 0) is 23.5 Å². The molecule has 0 fully saturated rings. The van der Waals surface area contributed by atoms with Gasteiger partial charge in [-0.3, -0.25) is 0 Å². The van der Waals surface area contributed by atoms with E-state index in [1.54, 1.807) is 41.5 Å². The van der Waals surface area contributed by atoms with Crippen molar-refractivity contribution >= 4 is 50.4 Å². The first-order chi connectivity index (χ1) is 26.8. The molecule has 0 spiro atoms. The molecule has 0 aliphatic rings. The fourth-order valence-corrected chi connectivity index (χ4v) is 8.74. The molecule has 1 radical (unpaired) electrons. The monoisotopic (exact) mass is 988 g/mol. The van der Waals surface area contributed by atoms with E-state index in [0.29, 0.717) is 16.7 Å². The van der Waals surface area contributed by atoms with E-state index in [4.69, 9.17) is 8.53 Å². The van der Waals surface area contributed by atoms with Gasteiger partial charge in [0.05, 0.1) is 0 Å². The number of fused-ring (bicyclic) bond motifs is 5. The summed E-state index contributed by atoms with van der Waals surface area (Å²) in [5.41, 5.74) is -0.413. The fraction of sp³-hybridized carbons (Fsp3) is 0.136. The third-order valence-corrected chi connectivity index (χ3v) is 13.2. The van der Waals surface area contributed by atoms with Crippen molar-refractivity contribution in [2.45, 2.75) is 36.5 Å². The van der Waals surface area contributed by atoms with Gasteiger partial charge < -0.3 is 4.98 Å². The van der Waals surface area contributed by atoms with E-state index < -0.39 is 49.2 Å². The maximum absolute atomic E-state index is 14.4. The maximum atomic E-state index is 14.4. The van der Waals surface area contributed by atoms with Crippen molar-refractivity contribution in [3.8, 4) is 33.6 Å². The van der Waals surface area contributed by atoms with E-state index in [-0.39, 0.29) is 41.3 Å². The third kappa shape index (κ3) is 8.27. The third-order valence-electron chi connectivity index (χ3n) is 8.99. The number of pyridine rings is 2. The van der Waals surface area contributed by atoms with Crippen molar-refractivity contribution in [3.63, 3.8) is 0 Å². The Morgan fingerprint density at radius 2 is 1.38 bits per heavy atom. The fourth-order valence-electron chi connectivity index (χ4n) is 6.32. The number of aryl methyl sites for hydroxylation is 1. The Morgan fingerprint density at radius 1 is 0.673 bits per heavy atom. The predicted octanol–water partition coefficient (Wildman–Crippen LogP) is 12.7. The SMILES string of the molecule is [2H]C([2H])([2H])c1ccc(-c2[c-]cccc2)nc1.[CH3][Ge]([CH3])([CH3])[c]1cc(C(F)(F)F)c(-c2ccnc(-c3[c-]ccc4c3oc3c5ccccc5ccc43)c2)c(C(F)(F)F)c1.[Ir]. The van der Waals surface area contributed by atoms with Gasteiger partial charge in [-0.2, -0.15) is 0 Å². The largest absolute Gasteiger partial charge is 0 e. The minimum atomic E-state index is -5.01. The zero-order valence-electron chi connectivity index (χ0n) is 32.5. The average molecular weight is 987 g/mol. The molecule has 0 amide bonds. The normalized spacial score (nSPS) is 13.1. The van der Waals surface area contributed by atoms with Gasteiger partial charge >= 0.3 is 199 Å². The second-order valence-corrected chi connectivity index (χ2v) is 24.3. The molecule has 0 saturated carbocycles. The van der Waals surface area contributed by atoms with Gasteiger partial charge in [-0.25, -0.2) is 0 Å². The molecule has 8 aromatic rings. The average Bonchev–Trinajstić information content (AvgIpc) is 3.56. The summed E-state index contributed by atoms with van der Waals surface area (Å²) in [7, 11) is 0. The van der Waals surface area contributed by atoms with Crippen LogP contribution in [0.4, 0.5) is 26.3 Å². The Morgan fingerprint density at radius 3 is 2.02 bits per heavy atom. The number of benzene rings is 5. The van der Waals surface area contributed by atoms with Gasteiger partial charge in [-0.15, -0.1) is 35.9 Å². The Hall–Kier alpha value is -4.77. The van der Waals surface area contributed by atoms with Gasteiger partial charge in [0.1, 0.15) is 0 Å². The molecule has 0 aliphatic heterocycles. The van der Waals surface area contributed by atoms with Crippen molar-refractivity contribution in [3.05, 3.63) is 150 Å². The zero-order chi connectivity index (χ0) is 40.9. The van der Waals surface area contributed by atoms with Crippen LogP contribution >= 0.6 is 0 Å². The Kier molecular flexibility index (Phi) is 10.1. The van der Waals surface area contributed by atoms with Gasteiger partial charge in [0.25, 0.3) is 0 Å². The number of rotatable bonds is 4. The van der Waals surface area contributed by atoms with E-state index in [1.165, 1.54) is 24.5 Å².